The van der Waals surface area contributed by atoms with Crippen molar-refractivity contribution in [2.75, 3.05) is 12.4 Å². The lowest BCUT2D eigenvalue weighted by molar-refractivity contribution is 0.632. The van der Waals surface area contributed by atoms with Gasteiger partial charge in [0.25, 0.3) is 0 Å². The summed E-state index contributed by atoms with van der Waals surface area (Å²) in [5.41, 5.74) is 1.47. The van der Waals surface area contributed by atoms with Crippen molar-refractivity contribution < 1.29 is 4.39 Å². The highest BCUT2D eigenvalue weighted by atomic mass is 19.1. The molecule has 1 aromatic heterocycles. The van der Waals surface area contributed by atoms with Gasteiger partial charge in [-0.2, -0.15) is 0 Å². The highest BCUT2D eigenvalue weighted by Crippen LogP contribution is 2.26. The van der Waals surface area contributed by atoms with Crippen LogP contribution in [-0.2, 0) is 7.05 Å². The Labute approximate surface area is 89.7 Å². The first-order valence-electron chi connectivity index (χ1n) is 5.15. The molecular formula is C12H17FN2. The predicted molar refractivity (Wildman–Crippen MR) is 63.8 cm³/mol. The number of anilines is 1. The molecule has 2 aromatic rings. The van der Waals surface area contributed by atoms with Crippen molar-refractivity contribution in [2.45, 2.75) is 13.8 Å². The Hall–Kier alpha value is -1.51. The van der Waals surface area contributed by atoms with E-state index in [1.54, 1.807) is 13.1 Å². The number of aryl methyl sites for hydroxylation is 1. The van der Waals surface area contributed by atoms with Gasteiger partial charge in [-0.05, 0) is 18.2 Å². The summed E-state index contributed by atoms with van der Waals surface area (Å²) in [5.74, 6) is -0.211. The second-order valence-corrected chi connectivity index (χ2v) is 3.04. The number of rotatable bonds is 1. The summed E-state index contributed by atoms with van der Waals surface area (Å²) in [4.78, 5) is 0. The van der Waals surface area contributed by atoms with Gasteiger partial charge in [0.15, 0.2) is 0 Å². The molecule has 0 amide bonds. The van der Waals surface area contributed by atoms with Gasteiger partial charge in [-0.3, -0.25) is 0 Å². The molecule has 82 valence electrons. The van der Waals surface area contributed by atoms with Crippen LogP contribution in [0.3, 0.4) is 0 Å². The van der Waals surface area contributed by atoms with Crippen LogP contribution in [0.25, 0.3) is 10.9 Å². The Balaban J connectivity index is 0.000000531. The van der Waals surface area contributed by atoms with Gasteiger partial charge in [-0.25, -0.2) is 4.39 Å². The zero-order chi connectivity index (χ0) is 11.4. The number of benzene rings is 1. The summed E-state index contributed by atoms with van der Waals surface area (Å²) in [6.07, 6.45) is 1.92. The second-order valence-electron chi connectivity index (χ2n) is 3.04. The minimum absolute atomic E-state index is 0.211. The molecule has 2 nitrogen and oxygen atoms in total. The number of nitrogens with zero attached hydrogens (tertiary/aromatic N) is 1. The first-order valence-corrected chi connectivity index (χ1v) is 5.15. The molecule has 0 radical (unpaired) electrons. The van der Waals surface area contributed by atoms with Crippen LogP contribution in [0.2, 0.25) is 0 Å². The maximum atomic E-state index is 13.3. The molecule has 0 bridgehead atoms. The van der Waals surface area contributed by atoms with Gasteiger partial charge >= 0.3 is 0 Å². The zero-order valence-corrected chi connectivity index (χ0v) is 9.63. The van der Waals surface area contributed by atoms with E-state index in [0.29, 0.717) is 5.69 Å². The van der Waals surface area contributed by atoms with Crippen LogP contribution in [0, 0.1) is 5.82 Å². The molecule has 1 N–H and O–H groups in total. The van der Waals surface area contributed by atoms with E-state index < -0.39 is 0 Å². The van der Waals surface area contributed by atoms with Crippen LogP contribution in [-0.4, -0.2) is 11.6 Å². The Morgan fingerprint density at radius 2 is 1.87 bits per heavy atom. The molecule has 0 fully saturated rings. The highest BCUT2D eigenvalue weighted by Gasteiger charge is 2.07. The minimum atomic E-state index is -0.211. The number of hydrogen-bond donors (Lipinski definition) is 1. The SMILES string of the molecule is CC.CNc1c(F)ccc2ccn(C)c12. The van der Waals surface area contributed by atoms with Crippen molar-refractivity contribution in [1.29, 1.82) is 0 Å². The summed E-state index contributed by atoms with van der Waals surface area (Å²) in [5, 5.41) is 3.92. The molecule has 0 saturated heterocycles. The molecule has 1 aromatic carbocycles. The summed E-state index contributed by atoms with van der Waals surface area (Å²) < 4.78 is 15.2. The Bertz CT molecular complexity index is 446. The third-order valence-electron chi connectivity index (χ3n) is 2.24. The van der Waals surface area contributed by atoms with E-state index in [1.165, 1.54) is 6.07 Å². The van der Waals surface area contributed by atoms with Crippen LogP contribution < -0.4 is 5.32 Å². The molecule has 0 saturated carbocycles. The van der Waals surface area contributed by atoms with Crippen LogP contribution in [0.15, 0.2) is 24.4 Å². The normalized spacial score (nSPS) is 9.67. The molecule has 2 rings (SSSR count). The van der Waals surface area contributed by atoms with Gasteiger partial charge in [0.05, 0.1) is 11.2 Å². The summed E-state index contributed by atoms with van der Waals surface area (Å²) in [7, 11) is 3.63. The maximum Gasteiger partial charge on any atom is 0.148 e. The van der Waals surface area contributed by atoms with Gasteiger partial charge in [-0.1, -0.05) is 13.8 Å². The Morgan fingerprint density at radius 1 is 1.20 bits per heavy atom. The first kappa shape index (κ1) is 11.6. The molecular weight excluding hydrogens is 191 g/mol. The van der Waals surface area contributed by atoms with Crippen LogP contribution in [0.4, 0.5) is 10.1 Å². The molecule has 0 aliphatic heterocycles. The number of halogens is 1. The van der Waals surface area contributed by atoms with E-state index in [-0.39, 0.29) is 5.82 Å². The van der Waals surface area contributed by atoms with Gasteiger partial charge in [0.2, 0.25) is 0 Å². The second kappa shape index (κ2) is 4.82. The van der Waals surface area contributed by atoms with Gasteiger partial charge in [-0.15, -0.1) is 0 Å². The monoisotopic (exact) mass is 208 g/mol. The predicted octanol–water partition coefficient (Wildman–Crippen LogP) is 3.39. The van der Waals surface area contributed by atoms with E-state index >= 15 is 0 Å². The molecule has 0 unspecified atom stereocenters. The van der Waals surface area contributed by atoms with Crippen molar-refractivity contribution in [3.63, 3.8) is 0 Å². The number of nitrogens with one attached hydrogen (secondary N) is 1. The number of aromatic nitrogens is 1. The number of hydrogen-bond acceptors (Lipinski definition) is 1. The lowest BCUT2D eigenvalue weighted by atomic mass is 10.2. The smallest absolute Gasteiger partial charge is 0.148 e. The molecule has 0 aliphatic carbocycles. The summed E-state index contributed by atoms with van der Waals surface area (Å²) >= 11 is 0. The first-order chi connectivity index (χ1) is 7.24. The fourth-order valence-corrected chi connectivity index (χ4v) is 1.60. The van der Waals surface area contributed by atoms with E-state index in [2.05, 4.69) is 5.32 Å². The zero-order valence-electron chi connectivity index (χ0n) is 9.63. The third kappa shape index (κ3) is 1.96. The topological polar surface area (TPSA) is 17.0 Å². The largest absolute Gasteiger partial charge is 0.384 e. The molecule has 0 atom stereocenters. The van der Waals surface area contributed by atoms with Crippen molar-refractivity contribution in [1.82, 2.24) is 4.57 Å². The number of fused-ring (bicyclic) bond motifs is 1. The van der Waals surface area contributed by atoms with Gasteiger partial charge in [0, 0.05) is 25.7 Å². The Morgan fingerprint density at radius 3 is 2.47 bits per heavy atom. The maximum absolute atomic E-state index is 13.3. The van der Waals surface area contributed by atoms with Crippen molar-refractivity contribution >= 4 is 16.6 Å². The molecule has 15 heavy (non-hydrogen) atoms. The van der Waals surface area contributed by atoms with Crippen LogP contribution in [0.1, 0.15) is 13.8 Å². The molecule has 1 heterocycles. The van der Waals surface area contributed by atoms with E-state index in [0.717, 1.165) is 10.9 Å². The lowest BCUT2D eigenvalue weighted by Gasteiger charge is -2.06. The summed E-state index contributed by atoms with van der Waals surface area (Å²) in [6, 6.07) is 5.23. The van der Waals surface area contributed by atoms with E-state index in [9.17, 15) is 4.39 Å². The average molecular weight is 208 g/mol. The van der Waals surface area contributed by atoms with E-state index in [4.69, 9.17) is 0 Å². The fraction of sp³-hybridized carbons (Fsp3) is 0.333. The van der Waals surface area contributed by atoms with Crippen molar-refractivity contribution in [3.05, 3.63) is 30.2 Å². The molecule has 0 aliphatic rings. The van der Waals surface area contributed by atoms with Crippen molar-refractivity contribution in [3.8, 4) is 0 Å². The van der Waals surface area contributed by atoms with Gasteiger partial charge < -0.3 is 9.88 Å². The van der Waals surface area contributed by atoms with Crippen molar-refractivity contribution in [2.24, 2.45) is 7.05 Å². The summed E-state index contributed by atoms with van der Waals surface area (Å²) in [6.45, 7) is 4.00. The lowest BCUT2D eigenvalue weighted by Crippen LogP contribution is -1.96. The van der Waals surface area contributed by atoms with Crippen LogP contribution in [0.5, 0.6) is 0 Å². The van der Waals surface area contributed by atoms with Crippen LogP contribution >= 0.6 is 0 Å². The highest BCUT2D eigenvalue weighted by molar-refractivity contribution is 5.91. The standard InChI is InChI=1S/C10H11FN2.C2H6/c1-12-9-8(11)4-3-7-5-6-13(2)10(7)9;1-2/h3-6,12H,1-2H3;1-2H3. The van der Waals surface area contributed by atoms with E-state index in [1.807, 2.05) is 37.7 Å². The minimum Gasteiger partial charge on any atom is -0.384 e. The van der Waals surface area contributed by atoms with Gasteiger partial charge in [0.1, 0.15) is 5.82 Å². The molecule has 3 heteroatoms. The quantitative estimate of drug-likeness (QED) is 0.760. The molecule has 0 spiro atoms. The third-order valence-corrected chi connectivity index (χ3v) is 2.24. The Kier molecular flexibility index (Phi) is 3.72. The fourth-order valence-electron chi connectivity index (χ4n) is 1.60. The average Bonchev–Trinajstić information content (AvgIpc) is 2.64.